The van der Waals surface area contributed by atoms with E-state index in [4.69, 9.17) is 9.47 Å². The van der Waals surface area contributed by atoms with Gasteiger partial charge in [0.1, 0.15) is 6.10 Å². The zero-order chi connectivity index (χ0) is 31.3. The number of hydrogen-bond donors (Lipinski definition) is 1. The lowest BCUT2D eigenvalue weighted by Gasteiger charge is -2.15. The van der Waals surface area contributed by atoms with Crippen LogP contribution in [0, 0.1) is 0 Å². The van der Waals surface area contributed by atoms with E-state index in [1.165, 1.54) is 83.5 Å². The molecule has 1 unspecified atom stereocenters. The molecule has 1 atom stereocenters. The molecule has 0 heterocycles. The molecule has 250 valence electrons. The van der Waals surface area contributed by atoms with Crippen molar-refractivity contribution < 1.29 is 19.4 Å². The Bertz CT molecular complexity index is 679. The van der Waals surface area contributed by atoms with Gasteiger partial charge >= 0.3 is 5.97 Å². The number of ether oxygens (including phenoxy) is 2. The second kappa shape index (κ2) is 36.5. The van der Waals surface area contributed by atoms with Crippen molar-refractivity contribution in [2.45, 2.75) is 174 Å². The highest BCUT2D eigenvalue weighted by atomic mass is 16.6. The predicted octanol–water partition coefficient (Wildman–Crippen LogP) is 11.5. The Morgan fingerprint density at radius 1 is 0.581 bits per heavy atom. The molecule has 0 aromatic heterocycles. The predicted molar refractivity (Wildman–Crippen MR) is 187 cm³/mol. The third-order valence-corrected chi connectivity index (χ3v) is 7.67. The third-order valence-electron chi connectivity index (χ3n) is 7.67. The number of carbonyl (C=O) groups is 1. The van der Waals surface area contributed by atoms with Gasteiger partial charge in [0.2, 0.25) is 0 Å². The fourth-order valence-corrected chi connectivity index (χ4v) is 4.96. The van der Waals surface area contributed by atoms with Crippen molar-refractivity contribution in [3.05, 3.63) is 48.6 Å². The van der Waals surface area contributed by atoms with E-state index in [0.29, 0.717) is 13.0 Å². The molecule has 0 saturated carbocycles. The standard InChI is InChI=1S/C39H70O4/c1-3-5-7-9-11-13-15-17-19-20-21-22-24-26-28-30-32-34-39(41)43-38(36-40)37-42-35-33-31-29-27-25-23-18-16-14-12-10-8-6-4-2/h5,7,11,13,17,19,21-22,38,40H,3-4,6,8-10,12,14-16,18,20,23-37H2,1-2H3/b7-5-,13-11-,19-17-,22-21-. The SMILES string of the molecule is CC/C=C\C/C=C\C/C=C\C/C=C\CCCCCCC(=O)OC(CO)COCCCCCCCCCCCCCCCC. The molecule has 4 heteroatoms. The summed E-state index contributed by atoms with van der Waals surface area (Å²) >= 11 is 0. The van der Waals surface area contributed by atoms with Gasteiger partial charge in [-0.15, -0.1) is 0 Å². The van der Waals surface area contributed by atoms with E-state index in [1.807, 2.05) is 0 Å². The van der Waals surface area contributed by atoms with Gasteiger partial charge in [0.15, 0.2) is 0 Å². The lowest BCUT2D eigenvalue weighted by Crippen LogP contribution is -2.27. The Morgan fingerprint density at radius 3 is 1.58 bits per heavy atom. The monoisotopic (exact) mass is 603 g/mol. The van der Waals surface area contributed by atoms with E-state index in [2.05, 4.69) is 62.5 Å². The Balaban J connectivity index is 3.51. The first-order chi connectivity index (χ1) is 21.2. The summed E-state index contributed by atoms with van der Waals surface area (Å²) in [6.07, 6.45) is 45.7. The van der Waals surface area contributed by atoms with E-state index in [1.54, 1.807) is 0 Å². The number of unbranched alkanes of at least 4 members (excludes halogenated alkanes) is 17. The molecule has 0 bridgehead atoms. The van der Waals surface area contributed by atoms with Crippen LogP contribution in [0.25, 0.3) is 0 Å². The molecule has 4 nitrogen and oxygen atoms in total. The lowest BCUT2D eigenvalue weighted by atomic mass is 10.0. The summed E-state index contributed by atoms with van der Waals surface area (Å²) in [5, 5.41) is 9.55. The van der Waals surface area contributed by atoms with Crippen molar-refractivity contribution in [3.63, 3.8) is 0 Å². The van der Waals surface area contributed by atoms with Gasteiger partial charge in [-0.25, -0.2) is 0 Å². The fourth-order valence-electron chi connectivity index (χ4n) is 4.96. The molecular formula is C39H70O4. The molecular weight excluding hydrogens is 532 g/mol. The molecule has 0 saturated heterocycles. The summed E-state index contributed by atoms with van der Waals surface area (Å²) in [7, 11) is 0. The average Bonchev–Trinajstić information content (AvgIpc) is 3.01. The fraction of sp³-hybridized carbons (Fsp3) is 0.769. The van der Waals surface area contributed by atoms with Crippen LogP contribution in [0.15, 0.2) is 48.6 Å². The number of carbonyl (C=O) groups excluding carboxylic acids is 1. The zero-order valence-electron chi connectivity index (χ0n) is 28.5. The highest BCUT2D eigenvalue weighted by molar-refractivity contribution is 5.69. The first-order valence-corrected chi connectivity index (χ1v) is 18.2. The second-order valence-electron chi connectivity index (χ2n) is 11.9. The molecule has 0 rings (SSSR count). The lowest BCUT2D eigenvalue weighted by molar-refractivity contribution is -0.154. The summed E-state index contributed by atoms with van der Waals surface area (Å²) in [6, 6.07) is 0. The van der Waals surface area contributed by atoms with Crippen molar-refractivity contribution in [2.24, 2.45) is 0 Å². The summed E-state index contributed by atoms with van der Waals surface area (Å²) in [5.74, 6) is -0.224. The van der Waals surface area contributed by atoms with Crippen LogP contribution in [0.1, 0.15) is 168 Å². The van der Waals surface area contributed by atoms with Crippen LogP contribution in [0.4, 0.5) is 0 Å². The number of esters is 1. The van der Waals surface area contributed by atoms with Gasteiger partial charge in [-0.2, -0.15) is 0 Å². The number of allylic oxidation sites excluding steroid dienone is 8. The smallest absolute Gasteiger partial charge is 0.306 e. The molecule has 0 radical (unpaired) electrons. The summed E-state index contributed by atoms with van der Waals surface area (Å²) in [4.78, 5) is 12.1. The Labute approximate surface area is 267 Å². The van der Waals surface area contributed by atoms with Crippen LogP contribution >= 0.6 is 0 Å². The minimum Gasteiger partial charge on any atom is -0.457 e. The number of aliphatic hydroxyl groups is 1. The maximum atomic E-state index is 12.1. The third kappa shape index (κ3) is 34.7. The van der Waals surface area contributed by atoms with E-state index in [-0.39, 0.29) is 19.2 Å². The van der Waals surface area contributed by atoms with E-state index in [9.17, 15) is 9.90 Å². The zero-order valence-corrected chi connectivity index (χ0v) is 28.5. The van der Waals surface area contributed by atoms with E-state index >= 15 is 0 Å². The largest absolute Gasteiger partial charge is 0.457 e. The minimum atomic E-state index is -0.544. The second-order valence-corrected chi connectivity index (χ2v) is 11.9. The number of hydrogen-bond acceptors (Lipinski definition) is 4. The van der Waals surface area contributed by atoms with Crippen molar-refractivity contribution in [1.29, 1.82) is 0 Å². The molecule has 0 aliphatic heterocycles. The molecule has 0 aliphatic rings. The molecule has 0 aliphatic carbocycles. The molecule has 0 aromatic rings. The van der Waals surface area contributed by atoms with Gasteiger partial charge in [-0.3, -0.25) is 4.79 Å². The van der Waals surface area contributed by atoms with Gasteiger partial charge in [-0.1, -0.05) is 159 Å². The topological polar surface area (TPSA) is 55.8 Å². The van der Waals surface area contributed by atoms with Gasteiger partial charge in [0.25, 0.3) is 0 Å². The molecule has 43 heavy (non-hydrogen) atoms. The van der Waals surface area contributed by atoms with Gasteiger partial charge < -0.3 is 14.6 Å². The first kappa shape index (κ1) is 41.4. The van der Waals surface area contributed by atoms with Crippen LogP contribution in [0.3, 0.4) is 0 Å². The van der Waals surface area contributed by atoms with E-state index in [0.717, 1.165) is 64.2 Å². The van der Waals surface area contributed by atoms with Crippen LogP contribution < -0.4 is 0 Å². The van der Waals surface area contributed by atoms with Crippen LogP contribution in [0.5, 0.6) is 0 Å². The summed E-state index contributed by atoms with van der Waals surface area (Å²) in [6.45, 7) is 5.21. The van der Waals surface area contributed by atoms with Gasteiger partial charge in [-0.05, 0) is 51.4 Å². The quantitative estimate of drug-likeness (QED) is 0.0461. The van der Waals surface area contributed by atoms with Gasteiger partial charge in [0, 0.05) is 13.0 Å². The minimum absolute atomic E-state index is 0.181. The van der Waals surface area contributed by atoms with Crippen LogP contribution in [0.2, 0.25) is 0 Å². The van der Waals surface area contributed by atoms with Crippen molar-refractivity contribution in [3.8, 4) is 0 Å². The Morgan fingerprint density at radius 2 is 1.05 bits per heavy atom. The molecule has 0 amide bonds. The van der Waals surface area contributed by atoms with Crippen LogP contribution in [-0.4, -0.2) is 37.0 Å². The maximum Gasteiger partial charge on any atom is 0.306 e. The van der Waals surface area contributed by atoms with Crippen molar-refractivity contribution in [1.82, 2.24) is 0 Å². The average molecular weight is 603 g/mol. The van der Waals surface area contributed by atoms with Gasteiger partial charge in [0.05, 0.1) is 13.2 Å². The van der Waals surface area contributed by atoms with Crippen LogP contribution in [-0.2, 0) is 14.3 Å². The molecule has 1 N–H and O–H groups in total. The molecule has 0 fully saturated rings. The molecule has 0 spiro atoms. The Kier molecular flexibility index (Phi) is 35.1. The van der Waals surface area contributed by atoms with Crippen molar-refractivity contribution in [2.75, 3.05) is 19.8 Å². The maximum absolute atomic E-state index is 12.1. The highest BCUT2D eigenvalue weighted by Crippen LogP contribution is 2.13. The summed E-state index contributed by atoms with van der Waals surface area (Å²) in [5.41, 5.74) is 0. The molecule has 0 aromatic carbocycles. The number of aliphatic hydroxyl groups excluding tert-OH is 1. The number of rotatable bonds is 33. The summed E-state index contributed by atoms with van der Waals surface area (Å²) < 4.78 is 11.1. The Hall–Kier alpha value is -1.65. The normalized spacial score (nSPS) is 12.9. The highest BCUT2D eigenvalue weighted by Gasteiger charge is 2.13. The van der Waals surface area contributed by atoms with Crippen molar-refractivity contribution >= 4 is 5.97 Å². The first-order valence-electron chi connectivity index (χ1n) is 18.2. The van der Waals surface area contributed by atoms with E-state index < -0.39 is 6.10 Å².